The first-order valence-electron chi connectivity index (χ1n) is 10.7. The average molecular weight is 486 g/mol. The smallest absolute Gasteiger partial charge is 0.208 e. The third-order valence-corrected chi connectivity index (χ3v) is 4.59. The molecule has 0 radical (unpaired) electrons. The number of rotatable bonds is 14. The first kappa shape index (κ1) is 31.0. The molecule has 0 saturated carbocycles. The van der Waals surface area contributed by atoms with Crippen LogP contribution in [0.1, 0.15) is 24.1 Å². The van der Waals surface area contributed by atoms with Gasteiger partial charge in [-0.3, -0.25) is 15.0 Å². The number of unbranched alkanes of at least 4 members (excludes halogenated alkanes) is 1. The second-order valence-electron chi connectivity index (χ2n) is 6.84. The van der Waals surface area contributed by atoms with Crippen molar-refractivity contribution in [1.29, 1.82) is 0 Å². The van der Waals surface area contributed by atoms with Gasteiger partial charge in [-0.1, -0.05) is 6.07 Å². The van der Waals surface area contributed by atoms with Gasteiger partial charge >= 0.3 is 0 Å². The summed E-state index contributed by atoms with van der Waals surface area (Å²) in [5, 5.41) is 3.18. The van der Waals surface area contributed by atoms with E-state index >= 15 is 0 Å². The predicted molar refractivity (Wildman–Crippen MR) is 129 cm³/mol. The summed E-state index contributed by atoms with van der Waals surface area (Å²) in [7, 11) is 1.92. The molecule has 0 atom stereocenters. The fourth-order valence-corrected chi connectivity index (χ4v) is 2.72. The molecule has 2 rings (SSSR count). The van der Waals surface area contributed by atoms with Crippen LogP contribution in [-0.4, -0.2) is 83.9 Å². The van der Waals surface area contributed by atoms with Crippen LogP contribution in [0.4, 0.5) is 0 Å². The van der Waals surface area contributed by atoms with Crippen molar-refractivity contribution in [2.45, 2.75) is 25.8 Å². The summed E-state index contributed by atoms with van der Waals surface area (Å²) in [6, 6.07) is 4.09. The van der Waals surface area contributed by atoms with Gasteiger partial charge in [0.15, 0.2) is 0 Å². The SMILES string of the molecule is COCCCCc1cccnc1.COCCNCc1cnccn1.COCCNS(C)(=O)=O. The lowest BCUT2D eigenvalue weighted by molar-refractivity contribution is 0.193. The number of hydrogen-bond donors (Lipinski definition) is 2. The lowest BCUT2D eigenvalue weighted by Crippen LogP contribution is -2.25. The van der Waals surface area contributed by atoms with Gasteiger partial charge in [0.25, 0.3) is 0 Å². The summed E-state index contributed by atoms with van der Waals surface area (Å²) in [5.74, 6) is 0. The summed E-state index contributed by atoms with van der Waals surface area (Å²) in [6.07, 6.45) is 13.4. The molecule has 11 heteroatoms. The van der Waals surface area contributed by atoms with E-state index in [9.17, 15) is 8.42 Å². The molecule has 2 N–H and O–H groups in total. The Labute approximate surface area is 198 Å². The van der Waals surface area contributed by atoms with Crippen LogP contribution >= 0.6 is 0 Å². The van der Waals surface area contributed by atoms with Crippen LogP contribution in [0.15, 0.2) is 43.1 Å². The Balaban J connectivity index is 0.000000472. The maximum absolute atomic E-state index is 10.3. The highest BCUT2D eigenvalue weighted by Gasteiger charge is 1.96. The van der Waals surface area contributed by atoms with E-state index in [4.69, 9.17) is 9.47 Å². The molecule has 0 aliphatic heterocycles. The van der Waals surface area contributed by atoms with Crippen LogP contribution in [0, 0.1) is 0 Å². The average Bonchev–Trinajstić information content (AvgIpc) is 2.81. The molecule has 10 nitrogen and oxygen atoms in total. The van der Waals surface area contributed by atoms with Crippen molar-refractivity contribution < 1.29 is 22.6 Å². The minimum Gasteiger partial charge on any atom is -0.385 e. The molecule has 0 fully saturated rings. The highest BCUT2D eigenvalue weighted by atomic mass is 32.2. The number of ether oxygens (including phenoxy) is 3. The number of pyridine rings is 1. The number of nitrogens with zero attached hydrogens (tertiary/aromatic N) is 3. The first-order chi connectivity index (χ1) is 15.9. The Morgan fingerprint density at radius 2 is 1.58 bits per heavy atom. The molecule has 0 aliphatic rings. The third kappa shape index (κ3) is 22.9. The summed E-state index contributed by atoms with van der Waals surface area (Å²) in [5.41, 5.74) is 2.27. The topological polar surface area (TPSA) is 125 Å². The molecule has 2 heterocycles. The van der Waals surface area contributed by atoms with Crippen molar-refractivity contribution in [2.75, 3.05) is 60.5 Å². The van der Waals surface area contributed by atoms with Crippen LogP contribution in [0.3, 0.4) is 0 Å². The fraction of sp³-hybridized carbons (Fsp3) is 0.591. The molecule has 0 aromatic carbocycles. The monoisotopic (exact) mass is 485 g/mol. The van der Waals surface area contributed by atoms with Gasteiger partial charge in [-0.25, -0.2) is 13.1 Å². The highest BCUT2D eigenvalue weighted by molar-refractivity contribution is 7.88. The van der Waals surface area contributed by atoms with E-state index in [-0.39, 0.29) is 0 Å². The summed E-state index contributed by atoms with van der Waals surface area (Å²) in [4.78, 5) is 12.1. The van der Waals surface area contributed by atoms with Crippen LogP contribution in [0.5, 0.6) is 0 Å². The number of aryl methyl sites for hydroxylation is 1. The summed E-state index contributed by atoms with van der Waals surface area (Å²) >= 11 is 0. The quantitative estimate of drug-likeness (QED) is 0.382. The minimum atomic E-state index is -3.03. The van der Waals surface area contributed by atoms with Crippen molar-refractivity contribution in [3.63, 3.8) is 0 Å². The van der Waals surface area contributed by atoms with Crippen LogP contribution < -0.4 is 10.0 Å². The van der Waals surface area contributed by atoms with Crippen LogP contribution in [0.2, 0.25) is 0 Å². The number of nitrogens with one attached hydrogen (secondary N) is 2. The predicted octanol–water partition coefficient (Wildman–Crippen LogP) is 1.45. The van der Waals surface area contributed by atoms with Gasteiger partial charge in [0, 0.05) is 78.6 Å². The van der Waals surface area contributed by atoms with E-state index < -0.39 is 10.0 Å². The van der Waals surface area contributed by atoms with E-state index in [0.717, 1.165) is 51.1 Å². The summed E-state index contributed by atoms with van der Waals surface area (Å²) in [6.45, 7) is 3.92. The molecular weight excluding hydrogens is 446 g/mol. The van der Waals surface area contributed by atoms with Gasteiger partial charge in [-0.15, -0.1) is 0 Å². The standard InChI is InChI=1S/C10H15NO.C8H13N3O.C4H11NO3S/c1-12-8-3-2-5-10-6-4-7-11-9-10;1-12-5-4-10-7-8-6-9-2-3-11-8;1-8-4-3-5-9(2,6)7/h4,6-7,9H,2-3,5,8H2,1H3;2-3,6,10H,4-5,7H2,1H3;5H,3-4H2,1-2H3. The van der Waals surface area contributed by atoms with Gasteiger partial charge in [-0.05, 0) is 30.9 Å². The third-order valence-electron chi connectivity index (χ3n) is 3.86. The van der Waals surface area contributed by atoms with Crippen molar-refractivity contribution in [2.24, 2.45) is 0 Å². The zero-order valence-corrected chi connectivity index (χ0v) is 21.0. The van der Waals surface area contributed by atoms with E-state index in [1.165, 1.54) is 19.1 Å². The van der Waals surface area contributed by atoms with Gasteiger partial charge in [0.05, 0.1) is 25.2 Å². The zero-order valence-electron chi connectivity index (χ0n) is 20.2. The van der Waals surface area contributed by atoms with E-state index in [1.807, 2.05) is 12.3 Å². The van der Waals surface area contributed by atoms with Crippen LogP contribution in [0.25, 0.3) is 0 Å². The largest absolute Gasteiger partial charge is 0.385 e. The van der Waals surface area contributed by atoms with E-state index in [2.05, 4.69) is 35.8 Å². The molecular formula is C22H39N5O5S. The van der Waals surface area contributed by atoms with E-state index in [1.54, 1.807) is 39.0 Å². The molecule has 2 aromatic rings. The normalized spacial score (nSPS) is 10.5. The molecule has 0 saturated heterocycles. The van der Waals surface area contributed by atoms with Gasteiger partial charge in [0.2, 0.25) is 10.0 Å². The molecule has 188 valence electrons. The number of aromatic nitrogens is 3. The Morgan fingerprint density at radius 3 is 2.15 bits per heavy atom. The van der Waals surface area contributed by atoms with Crippen LogP contribution in [-0.2, 0) is 37.2 Å². The lowest BCUT2D eigenvalue weighted by atomic mass is 10.1. The Kier molecular flexibility index (Phi) is 20.5. The molecule has 0 aliphatic carbocycles. The Morgan fingerprint density at radius 1 is 0.879 bits per heavy atom. The fourth-order valence-electron chi connectivity index (χ4n) is 2.26. The van der Waals surface area contributed by atoms with Crippen molar-refractivity contribution >= 4 is 10.0 Å². The molecule has 0 spiro atoms. The molecule has 0 unspecified atom stereocenters. The number of hydrogen-bond acceptors (Lipinski definition) is 9. The van der Waals surface area contributed by atoms with Crippen molar-refractivity contribution in [3.8, 4) is 0 Å². The van der Waals surface area contributed by atoms with Gasteiger partial charge in [0.1, 0.15) is 0 Å². The highest BCUT2D eigenvalue weighted by Crippen LogP contribution is 2.02. The number of methoxy groups -OCH3 is 3. The zero-order chi connectivity index (χ0) is 24.6. The number of sulfonamides is 1. The maximum atomic E-state index is 10.3. The molecule has 0 amide bonds. The van der Waals surface area contributed by atoms with Crippen molar-refractivity contribution in [1.82, 2.24) is 25.0 Å². The molecule has 2 aromatic heterocycles. The first-order valence-corrected chi connectivity index (χ1v) is 12.6. The molecule has 33 heavy (non-hydrogen) atoms. The van der Waals surface area contributed by atoms with E-state index in [0.29, 0.717) is 13.2 Å². The lowest BCUT2D eigenvalue weighted by Gasteiger charge is -2.01. The maximum Gasteiger partial charge on any atom is 0.208 e. The van der Waals surface area contributed by atoms with Crippen molar-refractivity contribution in [3.05, 3.63) is 54.4 Å². The Hall–Kier alpha value is -2.02. The van der Waals surface area contributed by atoms with Gasteiger partial charge < -0.3 is 19.5 Å². The second kappa shape index (κ2) is 21.8. The Bertz CT molecular complexity index is 720. The van der Waals surface area contributed by atoms with Gasteiger partial charge in [-0.2, -0.15) is 0 Å². The minimum absolute atomic E-state index is 0.343. The second-order valence-corrected chi connectivity index (χ2v) is 8.67. The molecule has 0 bridgehead atoms. The summed E-state index contributed by atoms with van der Waals surface area (Å²) < 4.78 is 37.4.